The van der Waals surface area contributed by atoms with Crippen LogP contribution >= 0.6 is 0 Å². The van der Waals surface area contributed by atoms with Gasteiger partial charge in [0.15, 0.2) is 0 Å². The lowest BCUT2D eigenvalue weighted by Gasteiger charge is -2.23. The number of aryl methyl sites for hydroxylation is 1. The highest BCUT2D eigenvalue weighted by molar-refractivity contribution is 5.46. The number of nitrogens with zero attached hydrogens (tertiary/aromatic N) is 2. The SMILES string of the molecule is CCC(C)CN(C)c1ncc(CO)cc1C. The molecule has 3 nitrogen and oxygen atoms in total. The van der Waals surface area contributed by atoms with Crippen molar-refractivity contribution in [1.82, 2.24) is 4.98 Å². The van der Waals surface area contributed by atoms with Crippen molar-refractivity contribution in [2.75, 3.05) is 18.5 Å². The monoisotopic (exact) mass is 222 g/mol. The van der Waals surface area contributed by atoms with E-state index in [9.17, 15) is 0 Å². The molecule has 3 heteroatoms. The van der Waals surface area contributed by atoms with Gasteiger partial charge in [0.05, 0.1) is 6.61 Å². The van der Waals surface area contributed by atoms with Gasteiger partial charge in [-0.3, -0.25) is 0 Å². The Kier molecular flexibility index (Phi) is 4.74. The van der Waals surface area contributed by atoms with Crippen LogP contribution in [0.4, 0.5) is 5.82 Å². The fraction of sp³-hybridized carbons (Fsp3) is 0.615. The molecule has 16 heavy (non-hydrogen) atoms. The predicted molar refractivity (Wildman–Crippen MR) is 67.6 cm³/mol. The Balaban J connectivity index is 2.79. The van der Waals surface area contributed by atoms with Gasteiger partial charge in [-0.1, -0.05) is 20.3 Å². The molecule has 0 spiro atoms. The standard InChI is InChI=1S/C13H22N2O/c1-5-10(2)8-15(4)13-11(3)6-12(9-16)7-14-13/h6-7,10,16H,5,8-9H2,1-4H3. The molecule has 1 N–H and O–H groups in total. The largest absolute Gasteiger partial charge is 0.392 e. The van der Waals surface area contributed by atoms with Crippen molar-refractivity contribution in [1.29, 1.82) is 0 Å². The Bertz CT molecular complexity index is 339. The summed E-state index contributed by atoms with van der Waals surface area (Å²) >= 11 is 0. The lowest BCUT2D eigenvalue weighted by Crippen LogP contribution is -2.25. The summed E-state index contributed by atoms with van der Waals surface area (Å²) in [5, 5.41) is 9.02. The second-order valence-corrected chi connectivity index (χ2v) is 4.54. The number of aliphatic hydroxyl groups is 1. The lowest BCUT2D eigenvalue weighted by atomic mass is 10.1. The van der Waals surface area contributed by atoms with Gasteiger partial charge >= 0.3 is 0 Å². The summed E-state index contributed by atoms with van der Waals surface area (Å²) in [6.45, 7) is 7.56. The average molecular weight is 222 g/mol. The van der Waals surface area contributed by atoms with Gasteiger partial charge in [-0.05, 0) is 30.0 Å². The Morgan fingerprint density at radius 3 is 2.69 bits per heavy atom. The molecule has 90 valence electrons. The minimum absolute atomic E-state index is 0.0587. The third kappa shape index (κ3) is 3.20. The second kappa shape index (κ2) is 5.85. The van der Waals surface area contributed by atoms with Gasteiger partial charge in [0, 0.05) is 19.8 Å². The summed E-state index contributed by atoms with van der Waals surface area (Å²) in [4.78, 5) is 6.59. The summed E-state index contributed by atoms with van der Waals surface area (Å²) in [5.41, 5.74) is 2.00. The van der Waals surface area contributed by atoms with Gasteiger partial charge in [0.25, 0.3) is 0 Å². The van der Waals surface area contributed by atoms with E-state index < -0.39 is 0 Å². The molecule has 0 aliphatic carbocycles. The number of aliphatic hydroxyl groups excluding tert-OH is 1. The molecule has 0 amide bonds. The predicted octanol–water partition coefficient (Wildman–Crippen LogP) is 2.36. The van der Waals surface area contributed by atoms with E-state index in [1.54, 1.807) is 6.20 Å². The molecular weight excluding hydrogens is 200 g/mol. The van der Waals surface area contributed by atoms with E-state index >= 15 is 0 Å². The first kappa shape index (κ1) is 13.0. The van der Waals surface area contributed by atoms with E-state index in [-0.39, 0.29) is 6.61 Å². The van der Waals surface area contributed by atoms with Crippen molar-refractivity contribution >= 4 is 5.82 Å². The van der Waals surface area contributed by atoms with Crippen molar-refractivity contribution in [2.45, 2.75) is 33.8 Å². The molecule has 0 aliphatic heterocycles. The molecular formula is C13H22N2O. The Morgan fingerprint density at radius 2 is 2.19 bits per heavy atom. The zero-order valence-electron chi connectivity index (χ0n) is 10.7. The molecule has 0 aromatic carbocycles. The Morgan fingerprint density at radius 1 is 1.50 bits per heavy atom. The highest BCUT2D eigenvalue weighted by atomic mass is 16.3. The van der Waals surface area contributed by atoms with Crippen LogP contribution in [0.5, 0.6) is 0 Å². The molecule has 0 saturated carbocycles. The summed E-state index contributed by atoms with van der Waals surface area (Å²) in [6, 6.07) is 2.00. The number of anilines is 1. The molecule has 0 radical (unpaired) electrons. The molecule has 1 atom stereocenters. The van der Waals surface area contributed by atoms with Gasteiger partial charge in [-0.2, -0.15) is 0 Å². The maximum absolute atomic E-state index is 9.02. The zero-order chi connectivity index (χ0) is 12.1. The Hall–Kier alpha value is -1.09. The quantitative estimate of drug-likeness (QED) is 0.831. The molecule has 0 aliphatic rings. The van der Waals surface area contributed by atoms with Crippen LogP contribution in [0.1, 0.15) is 31.4 Å². The van der Waals surface area contributed by atoms with Crippen LogP contribution in [0.3, 0.4) is 0 Å². The van der Waals surface area contributed by atoms with E-state index in [0.29, 0.717) is 5.92 Å². The number of hydrogen-bond donors (Lipinski definition) is 1. The summed E-state index contributed by atoms with van der Waals surface area (Å²) in [7, 11) is 2.07. The molecule has 1 aromatic heterocycles. The molecule has 1 unspecified atom stereocenters. The first-order valence-corrected chi connectivity index (χ1v) is 5.86. The van der Waals surface area contributed by atoms with Crippen LogP contribution < -0.4 is 4.90 Å². The molecule has 1 aromatic rings. The fourth-order valence-corrected chi connectivity index (χ4v) is 1.79. The van der Waals surface area contributed by atoms with Gasteiger partial charge < -0.3 is 10.0 Å². The first-order chi connectivity index (χ1) is 7.58. The van der Waals surface area contributed by atoms with Gasteiger partial charge in [0.2, 0.25) is 0 Å². The maximum Gasteiger partial charge on any atom is 0.131 e. The van der Waals surface area contributed by atoms with E-state index in [2.05, 4.69) is 30.8 Å². The molecule has 0 bridgehead atoms. The van der Waals surface area contributed by atoms with Crippen LogP contribution in [-0.2, 0) is 6.61 Å². The van der Waals surface area contributed by atoms with Crippen molar-refractivity contribution < 1.29 is 5.11 Å². The molecule has 0 fully saturated rings. The van der Waals surface area contributed by atoms with Gasteiger partial charge in [0.1, 0.15) is 5.82 Å². The molecule has 0 saturated heterocycles. The number of rotatable bonds is 5. The van der Waals surface area contributed by atoms with E-state index in [0.717, 1.165) is 23.5 Å². The van der Waals surface area contributed by atoms with Crippen molar-refractivity contribution in [2.24, 2.45) is 5.92 Å². The van der Waals surface area contributed by atoms with Crippen LogP contribution in [0, 0.1) is 12.8 Å². The van der Waals surface area contributed by atoms with Crippen LogP contribution in [-0.4, -0.2) is 23.7 Å². The van der Waals surface area contributed by atoms with Crippen LogP contribution in [0.25, 0.3) is 0 Å². The number of aromatic nitrogens is 1. The van der Waals surface area contributed by atoms with Crippen molar-refractivity contribution in [3.8, 4) is 0 Å². The number of hydrogen-bond acceptors (Lipinski definition) is 3. The molecule has 1 rings (SSSR count). The van der Waals surface area contributed by atoms with Crippen LogP contribution in [0.15, 0.2) is 12.3 Å². The van der Waals surface area contributed by atoms with Crippen molar-refractivity contribution in [3.05, 3.63) is 23.4 Å². The third-order valence-electron chi connectivity index (χ3n) is 2.93. The minimum Gasteiger partial charge on any atom is -0.392 e. The van der Waals surface area contributed by atoms with Crippen molar-refractivity contribution in [3.63, 3.8) is 0 Å². The van der Waals surface area contributed by atoms with Crippen LogP contribution in [0.2, 0.25) is 0 Å². The fourth-order valence-electron chi connectivity index (χ4n) is 1.79. The first-order valence-electron chi connectivity index (χ1n) is 5.86. The zero-order valence-corrected chi connectivity index (χ0v) is 10.7. The normalized spacial score (nSPS) is 12.6. The average Bonchev–Trinajstić information content (AvgIpc) is 2.28. The Labute approximate surface area is 98.1 Å². The summed E-state index contributed by atoms with van der Waals surface area (Å²) < 4.78 is 0. The van der Waals surface area contributed by atoms with Gasteiger partial charge in [-0.25, -0.2) is 4.98 Å². The molecule has 1 heterocycles. The van der Waals surface area contributed by atoms with E-state index in [1.165, 1.54) is 6.42 Å². The highest BCUT2D eigenvalue weighted by Crippen LogP contribution is 2.18. The highest BCUT2D eigenvalue weighted by Gasteiger charge is 2.09. The van der Waals surface area contributed by atoms with E-state index in [1.807, 2.05) is 13.0 Å². The smallest absolute Gasteiger partial charge is 0.131 e. The third-order valence-corrected chi connectivity index (χ3v) is 2.93. The second-order valence-electron chi connectivity index (χ2n) is 4.54. The van der Waals surface area contributed by atoms with E-state index in [4.69, 9.17) is 5.11 Å². The maximum atomic E-state index is 9.02. The summed E-state index contributed by atoms with van der Waals surface area (Å²) in [5.74, 6) is 1.68. The number of pyridine rings is 1. The minimum atomic E-state index is 0.0587. The lowest BCUT2D eigenvalue weighted by molar-refractivity contribution is 0.281. The topological polar surface area (TPSA) is 36.4 Å². The summed E-state index contributed by atoms with van der Waals surface area (Å²) in [6.07, 6.45) is 2.92. The van der Waals surface area contributed by atoms with Gasteiger partial charge in [-0.15, -0.1) is 0 Å².